The minimum atomic E-state index is -0.541. The number of rotatable bonds is 4. The lowest BCUT2D eigenvalue weighted by molar-refractivity contribution is -0.0575. The van der Waals surface area contributed by atoms with Crippen LogP contribution in [0, 0.1) is 12.3 Å². The molecule has 1 saturated heterocycles. The molecule has 2 heterocycles. The van der Waals surface area contributed by atoms with Gasteiger partial charge in [0, 0.05) is 12.6 Å². The van der Waals surface area contributed by atoms with Crippen molar-refractivity contribution in [2.24, 2.45) is 0 Å². The Kier molecular flexibility index (Phi) is 4.16. The highest BCUT2D eigenvalue weighted by atomic mass is 16.6. The molecule has 0 saturated carbocycles. The molecule has 2 rings (SSSR count). The molecule has 1 aromatic rings. The van der Waals surface area contributed by atoms with E-state index in [9.17, 15) is 9.90 Å². The molecule has 7 nitrogen and oxygen atoms in total. The van der Waals surface area contributed by atoms with Crippen LogP contribution in [-0.4, -0.2) is 40.1 Å². The van der Waals surface area contributed by atoms with Crippen LogP contribution in [0.2, 0.25) is 0 Å². The Morgan fingerprint density at radius 2 is 2.53 bits per heavy atom. The number of aliphatic hydroxyl groups excluding tert-OH is 1. The number of terminal acetylenes is 1. The molecule has 3 N–H and O–H groups in total. The van der Waals surface area contributed by atoms with E-state index in [1.807, 2.05) is 0 Å². The molecule has 0 radical (unpaired) electrons. The van der Waals surface area contributed by atoms with E-state index in [1.54, 1.807) is 0 Å². The van der Waals surface area contributed by atoms with E-state index in [-0.39, 0.29) is 25.1 Å². The van der Waals surface area contributed by atoms with Crippen molar-refractivity contribution in [1.29, 1.82) is 0 Å². The van der Waals surface area contributed by atoms with E-state index in [0.29, 0.717) is 6.42 Å². The Bertz CT molecular complexity index is 537. The van der Waals surface area contributed by atoms with Gasteiger partial charge in [-0.1, -0.05) is 5.92 Å². The number of aliphatic hydroxyl groups is 1. The average Bonchev–Trinajstić information content (AvgIpc) is 2.79. The van der Waals surface area contributed by atoms with Crippen LogP contribution in [0.25, 0.3) is 0 Å². The lowest BCUT2D eigenvalue weighted by atomic mass is 10.2. The number of hydrogen-bond donors (Lipinski definition) is 2. The number of nitrogen functional groups attached to an aromatic ring is 1. The third-order valence-corrected chi connectivity index (χ3v) is 2.90. The monoisotopic (exact) mass is 265 g/mol. The molecular formula is C12H15N3O4. The average molecular weight is 265 g/mol. The number of ether oxygens (including phenoxy) is 2. The van der Waals surface area contributed by atoms with Crippen LogP contribution in [0.15, 0.2) is 17.1 Å². The minimum absolute atomic E-state index is 0.131. The van der Waals surface area contributed by atoms with Crippen molar-refractivity contribution < 1.29 is 14.6 Å². The van der Waals surface area contributed by atoms with E-state index < -0.39 is 18.0 Å². The second-order valence-electron chi connectivity index (χ2n) is 4.14. The molecule has 102 valence electrons. The first-order chi connectivity index (χ1) is 9.15. The van der Waals surface area contributed by atoms with Gasteiger partial charge in [0.15, 0.2) is 0 Å². The Hall–Kier alpha value is -1.88. The fourth-order valence-electron chi connectivity index (χ4n) is 2.01. The van der Waals surface area contributed by atoms with Crippen molar-refractivity contribution in [3.63, 3.8) is 0 Å². The van der Waals surface area contributed by atoms with Crippen LogP contribution in [0.4, 0.5) is 5.82 Å². The summed E-state index contributed by atoms with van der Waals surface area (Å²) < 4.78 is 12.3. The van der Waals surface area contributed by atoms with E-state index in [0.717, 1.165) is 0 Å². The van der Waals surface area contributed by atoms with Crippen molar-refractivity contribution in [3.8, 4) is 12.3 Å². The van der Waals surface area contributed by atoms with Crippen LogP contribution >= 0.6 is 0 Å². The standard InChI is InChI=1S/C12H15N3O4/c1-2-5-18-8-6-11(19-9(8)7-16)15-4-3-10(13)14-12(15)17/h1,3-4,8-9,11,16H,5-7H2,(H2,13,14,17)/t8?,9-,11-/m1/s1. The molecule has 1 fully saturated rings. The van der Waals surface area contributed by atoms with Crippen LogP contribution in [0.5, 0.6) is 0 Å². The van der Waals surface area contributed by atoms with Crippen molar-refractivity contribution >= 4 is 5.82 Å². The molecule has 0 aromatic carbocycles. The van der Waals surface area contributed by atoms with E-state index in [4.69, 9.17) is 21.6 Å². The number of aromatic nitrogens is 2. The summed E-state index contributed by atoms with van der Waals surface area (Å²) in [5.74, 6) is 2.51. The third-order valence-electron chi connectivity index (χ3n) is 2.90. The van der Waals surface area contributed by atoms with Crippen molar-refractivity contribution in [2.75, 3.05) is 18.9 Å². The zero-order valence-corrected chi connectivity index (χ0v) is 10.2. The summed E-state index contributed by atoms with van der Waals surface area (Å²) in [6.07, 6.45) is 5.64. The van der Waals surface area contributed by atoms with Crippen LogP contribution in [0.3, 0.4) is 0 Å². The number of hydrogen-bond acceptors (Lipinski definition) is 6. The van der Waals surface area contributed by atoms with Gasteiger partial charge in [-0.15, -0.1) is 6.42 Å². The maximum Gasteiger partial charge on any atom is 0.351 e. The van der Waals surface area contributed by atoms with Gasteiger partial charge in [-0.2, -0.15) is 4.98 Å². The van der Waals surface area contributed by atoms with E-state index >= 15 is 0 Å². The molecule has 1 aliphatic rings. The first-order valence-corrected chi connectivity index (χ1v) is 5.81. The number of nitrogens with two attached hydrogens (primary N) is 1. The van der Waals surface area contributed by atoms with Gasteiger partial charge in [0.25, 0.3) is 0 Å². The van der Waals surface area contributed by atoms with Crippen LogP contribution < -0.4 is 11.4 Å². The summed E-state index contributed by atoms with van der Waals surface area (Å²) in [6, 6.07) is 1.51. The normalized spacial score (nSPS) is 26.2. The maximum absolute atomic E-state index is 11.7. The van der Waals surface area contributed by atoms with Crippen molar-refractivity contribution in [1.82, 2.24) is 9.55 Å². The van der Waals surface area contributed by atoms with Crippen LogP contribution in [0.1, 0.15) is 12.6 Å². The predicted molar refractivity (Wildman–Crippen MR) is 67.1 cm³/mol. The Morgan fingerprint density at radius 1 is 1.74 bits per heavy atom. The first kappa shape index (κ1) is 13.5. The van der Waals surface area contributed by atoms with Gasteiger partial charge in [-0.3, -0.25) is 4.57 Å². The lowest BCUT2D eigenvalue weighted by Gasteiger charge is -2.15. The van der Waals surface area contributed by atoms with Crippen molar-refractivity contribution in [3.05, 3.63) is 22.7 Å². The maximum atomic E-state index is 11.7. The van der Waals surface area contributed by atoms with Crippen LogP contribution in [-0.2, 0) is 9.47 Å². The summed E-state index contributed by atoms with van der Waals surface area (Å²) in [4.78, 5) is 15.3. The van der Waals surface area contributed by atoms with Gasteiger partial charge in [-0.05, 0) is 6.07 Å². The zero-order chi connectivity index (χ0) is 13.8. The number of anilines is 1. The lowest BCUT2D eigenvalue weighted by Crippen LogP contribution is -2.28. The highest BCUT2D eigenvalue weighted by molar-refractivity contribution is 5.23. The zero-order valence-electron chi connectivity index (χ0n) is 10.2. The minimum Gasteiger partial charge on any atom is -0.394 e. The molecule has 7 heteroatoms. The predicted octanol–water partition coefficient (Wildman–Crippen LogP) is -0.876. The largest absolute Gasteiger partial charge is 0.394 e. The summed E-state index contributed by atoms with van der Waals surface area (Å²) >= 11 is 0. The molecule has 1 unspecified atom stereocenters. The summed E-state index contributed by atoms with van der Waals surface area (Å²) in [7, 11) is 0. The van der Waals surface area contributed by atoms with Gasteiger partial charge in [0.1, 0.15) is 24.8 Å². The quantitative estimate of drug-likeness (QED) is 0.686. The topological polar surface area (TPSA) is 99.6 Å². The fraction of sp³-hybridized carbons (Fsp3) is 0.500. The Labute approximate surface area is 110 Å². The Balaban J connectivity index is 2.15. The molecule has 1 aliphatic heterocycles. The smallest absolute Gasteiger partial charge is 0.351 e. The van der Waals surface area contributed by atoms with Gasteiger partial charge in [-0.25, -0.2) is 4.79 Å². The summed E-state index contributed by atoms with van der Waals surface area (Å²) in [5.41, 5.74) is 4.92. The fourth-order valence-corrected chi connectivity index (χ4v) is 2.01. The molecule has 0 spiro atoms. The number of nitrogens with zero attached hydrogens (tertiary/aromatic N) is 2. The highest BCUT2D eigenvalue weighted by Crippen LogP contribution is 2.29. The molecule has 3 atom stereocenters. The molecular weight excluding hydrogens is 250 g/mol. The van der Waals surface area contributed by atoms with Crippen molar-refractivity contribution in [2.45, 2.75) is 24.9 Å². The Morgan fingerprint density at radius 3 is 3.16 bits per heavy atom. The van der Waals surface area contributed by atoms with Gasteiger partial charge in [0.05, 0.1) is 12.7 Å². The van der Waals surface area contributed by atoms with E-state index in [1.165, 1.54) is 16.8 Å². The summed E-state index contributed by atoms with van der Waals surface area (Å²) in [5, 5.41) is 9.23. The summed E-state index contributed by atoms with van der Waals surface area (Å²) in [6.45, 7) is -0.0744. The second-order valence-corrected chi connectivity index (χ2v) is 4.14. The molecule has 0 aliphatic carbocycles. The molecule has 0 amide bonds. The molecule has 19 heavy (non-hydrogen) atoms. The third kappa shape index (κ3) is 2.93. The SMILES string of the molecule is C#CCOC1C[C@H](n2ccc(N)nc2=O)O[C@@H]1CO. The highest BCUT2D eigenvalue weighted by Gasteiger charge is 2.36. The molecule has 0 bridgehead atoms. The van der Waals surface area contributed by atoms with Gasteiger partial charge in [0.2, 0.25) is 0 Å². The van der Waals surface area contributed by atoms with E-state index in [2.05, 4.69) is 10.9 Å². The first-order valence-electron chi connectivity index (χ1n) is 5.81. The van der Waals surface area contributed by atoms with Gasteiger partial charge < -0.3 is 20.3 Å². The second kappa shape index (κ2) is 5.84. The molecule has 1 aromatic heterocycles. The van der Waals surface area contributed by atoms with Gasteiger partial charge >= 0.3 is 5.69 Å².